The van der Waals surface area contributed by atoms with Crippen molar-refractivity contribution in [3.8, 4) is 0 Å². The highest BCUT2D eigenvalue weighted by Crippen LogP contribution is 2.11. The fourth-order valence-electron chi connectivity index (χ4n) is 1.48. The average molecular weight is 232 g/mol. The van der Waals surface area contributed by atoms with Crippen LogP contribution in [0.5, 0.6) is 0 Å². The smallest absolute Gasteiger partial charge is 0.354 e. The summed E-state index contributed by atoms with van der Waals surface area (Å²) in [5, 5.41) is 18.1. The summed E-state index contributed by atoms with van der Waals surface area (Å²) in [6, 6.07) is 1.94. The van der Waals surface area contributed by atoms with Crippen LogP contribution >= 0.6 is 0 Å². The highest BCUT2D eigenvalue weighted by Gasteiger charge is 2.11. The van der Waals surface area contributed by atoms with Crippen molar-refractivity contribution in [2.24, 2.45) is 0 Å². The van der Waals surface area contributed by atoms with Crippen molar-refractivity contribution in [2.45, 2.75) is 13.5 Å². The maximum Gasteiger partial charge on any atom is 0.354 e. The van der Waals surface area contributed by atoms with Crippen LogP contribution in [0, 0.1) is 6.92 Å². The number of hydrogen-bond acceptors (Lipinski definition) is 4. The monoisotopic (exact) mass is 232 g/mol. The number of pyridine rings is 1. The molecular formula is C11H12N4O2. The summed E-state index contributed by atoms with van der Waals surface area (Å²) in [5.41, 5.74) is 2.61. The number of rotatable bonds is 4. The van der Waals surface area contributed by atoms with Crippen molar-refractivity contribution in [2.75, 3.05) is 5.32 Å². The number of aromatic nitrogens is 3. The van der Waals surface area contributed by atoms with Gasteiger partial charge in [0.2, 0.25) is 0 Å². The van der Waals surface area contributed by atoms with E-state index >= 15 is 0 Å². The lowest BCUT2D eigenvalue weighted by Gasteiger charge is -2.05. The second-order valence-electron chi connectivity index (χ2n) is 3.68. The Bertz CT molecular complexity index is 536. The average Bonchev–Trinajstić information content (AvgIpc) is 2.74. The number of anilines is 1. The van der Waals surface area contributed by atoms with Crippen molar-refractivity contribution < 1.29 is 9.90 Å². The quantitative estimate of drug-likeness (QED) is 0.741. The molecule has 88 valence electrons. The van der Waals surface area contributed by atoms with Crippen molar-refractivity contribution in [3.05, 3.63) is 41.5 Å². The lowest BCUT2D eigenvalue weighted by molar-refractivity contribution is 0.0689. The maximum absolute atomic E-state index is 10.8. The minimum atomic E-state index is -1.01. The van der Waals surface area contributed by atoms with Crippen LogP contribution in [0.4, 0.5) is 5.69 Å². The molecule has 0 amide bonds. The highest BCUT2D eigenvalue weighted by molar-refractivity contribution is 5.86. The Morgan fingerprint density at radius 1 is 1.47 bits per heavy atom. The molecule has 0 saturated carbocycles. The molecule has 17 heavy (non-hydrogen) atoms. The Labute approximate surface area is 97.7 Å². The van der Waals surface area contributed by atoms with Gasteiger partial charge in [0.05, 0.1) is 11.9 Å². The summed E-state index contributed by atoms with van der Waals surface area (Å²) in [6.07, 6.45) is 4.94. The third-order valence-corrected chi connectivity index (χ3v) is 2.29. The van der Waals surface area contributed by atoms with Gasteiger partial charge >= 0.3 is 5.97 Å². The van der Waals surface area contributed by atoms with E-state index in [-0.39, 0.29) is 5.69 Å². The zero-order valence-corrected chi connectivity index (χ0v) is 9.27. The van der Waals surface area contributed by atoms with E-state index in [1.165, 1.54) is 6.20 Å². The third-order valence-electron chi connectivity index (χ3n) is 2.29. The number of H-pyrrole nitrogens is 1. The first-order valence-corrected chi connectivity index (χ1v) is 5.08. The Balaban J connectivity index is 2.07. The van der Waals surface area contributed by atoms with Crippen LogP contribution < -0.4 is 5.32 Å². The molecule has 0 aliphatic carbocycles. The predicted molar refractivity (Wildman–Crippen MR) is 61.8 cm³/mol. The van der Waals surface area contributed by atoms with E-state index in [2.05, 4.69) is 20.5 Å². The van der Waals surface area contributed by atoms with E-state index in [9.17, 15) is 4.79 Å². The number of hydrogen-bond donors (Lipinski definition) is 3. The molecule has 2 rings (SSSR count). The van der Waals surface area contributed by atoms with Gasteiger partial charge in [-0.15, -0.1) is 0 Å². The maximum atomic E-state index is 10.8. The molecule has 0 unspecified atom stereocenters. The SMILES string of the molecule is Cc1cncc(NCc2cn[nH]c2C(=O)O)c1. The summed E-state index contributed by atoms with van der Waals surface area (Å²) in [4.78, 5) is 14.9. The van der Waals surface area contributed by atoms with E-state index in [0.29, 0.717) is 12.1 Å². The van der Waals surface area contributed by atoms with Gasteiger partial charge < -0.3 is 10.4 Å². The summed E-state index contributed by atoms with van der Waals surface area (Å²) in [5.74, 6) is -1.01. The standard InChI is InChI=1S/C11H12N4O2/c1-7-2-9(6-12-3-7)13-4-8-5-14-15-10(8)11(16)17/h2-3,5-6,13H,4H2,1H3,(H,14,15)(H,16,17). The Kier molecular flexibility index (Phi) is 3.04. The van der Waals surface area contributed by atoms with Gasteiger partial charge in [-0.1, -0.05) is 0 Å². The number of aromatic carboxylic acids is 1. The minimum Gasteiger partial charge on any atom is -0.477 e. The van der Waals surface area contributed by atoms with E-state index in [1.54, 1.807) is 12.4 Å². The molecular weight excluding hydrogens is 220 g/mol. The molecule has 3 N–H and O–H groups in total. The number of aromatic amines is 1. The molecule has 2 aromatic rings. The first-order chi connectivity index (χ1) is 8.16. The van der Waals surface area contributed by atoms with Crippen LogP contribution in [0.15, 0.2) is 24.7 Å². The van der Waals surface area contributed by atoms with E-state index in [0.717, 1.165) is 11.3 Å². The van der Waals surface area contributed by atoms with Gasteiger partial charge in [-0.05, 0) is 18.6 Å². The molecule has 0 aliphatic heterocycles. The van der Waals surface area contributed by atoms with Gasteiger partial charge in [0.1, 0.15) is 5.69 Å². The minimum absolute atomic E-state index is 0.109. The predicted octanol–water partition coefficient (Wildman–Crippen LogP) is 1.42. The fourth-order valence-corrected chi connectivity index (χ4v) is 1.48. The molecule has 2 aromatic heterocycles. The fraction of sp³-hybridized carbons (Fsp3) is 0.182. The first kappa shape index (κ1) is 11.1. The molecule has 6 nitrogen and oxygen atoms in total. The van der Waals surface area contributed by atoms with Crippen LogP contribution in [0.2, 0.25) is 0 Å². The molecule has 2 heterocycles. The number of carboxylic acids is 1. The van der Waals surface area contributed by atoms with E-state index < -0.39 is 5.97 Å². The number of nitrogens with zero attached hydrogens (tertiary/aromatic N) is 2. The van der Waals surface area contributed by atoms with Crippen molar-refractivity contribution in [1.29, 1.82) is 0 Å². The van der Waals surface area contributed by atoms with E-state index in [4.69, 9.17) is 5.11 Å². The van der Waals surface area contributed by atoms with Gasteiger partial charge in [-0.2, -0.15) is 5.10 Å². The number of carbonyl (C=O) groups is 1. The van der Waals surface area contributed by atoms with Crippen LogP contribution in [0.1, 0.15) is 21.6 Å². The van der Waals surface area contributed by atoms with Crippen molar-refractivity contribution >= 4 is 11.7 Å². The lowest BCUT2D eigenvalue weighted by Crippen LogP contribution is -2.06. The molecule has 0 radical (unpaired) electrons. The Morgan fingerprint density at radius 2 is 2.29 bits per heavy atom. The number of carboxylic acid groups (broad SMARTS) is 1. The first-order valence-electron chi connectivity index (χ1n) is 5.08. The molecule has 0 aromatic carbocycles. The summed E-state index contributed by atoms with van der Waals surface area (Å²) >= 11 is 0. The molecule has 0 aliphatic rings. The number of aryl methyl sites for hydroxylation is 1. The molecule has 6 heteroatoms. The summed E-state index contributed by atoms with van der Waals surface area (Å²) < 4.78 is 0. The van der Waals surface area contributed by atoms with Gasteiger partial charge in [0.15, 0.2) is 0 Å². The molecule has 0 bridgehead atoms. The summed E-state index contributed by atoms with van der Waals surface area (Å²) in [7, 11) is 0. The van der Waals surface area contributed by atoms with Gasteiger partial charge in [-0.25, -0.2) is 4.79 Å². The van der Waals surface area contributed by atoms with Crippen LogP contribution in [0.25, 0.3) is 0 Å². The van der Waals surface area contributed by atoms with Gasteiger partial charge in [-0.3, -0.25) is 10.1 Å². The third kappa shape index (κ3) is 2.60. The Hall–Kier alpha value is -2.37. The van der Waals surface area contributed by atoms with Crippen molar-refractivity contribution in [3.63, 3.8) is 0 Å². The zero-order valence-electron chi connectivity index (χ0n) is 9.27. The van der Waals surface area contributed by atoms with Crippen molar-refractivity contribution in [1.82, 2.24) is 15.2 Å². The molecule has 0 fully saturated rings. The topological polar surface area (TPSA) is 90.9 Å². The summed E-state index contributed by atoms with van der Waals surface area (Å²) in [6.45, 7) is 2.34. The zero-order chi connectivity index (χ0) is 12.3. The molecule has 0 atom stereocenters. The van der Waals surface area contributed by atoms with Crippen LogP contribution in [0.3, 0.4) is 0 Å². The molecule has 0 spiro atoms. The highest BCUT2D eigenvalue weighted by atomic mass is 16.4. The number of nitrogens with one attached hydrogen (secondary N) is 2. The van der Waals surface area contributed by atoms with Gasteiger partial charge in [0.25, 0.3) is 0 Å². The van der Waals surface area contributed by atoms with E-state index in [1.807, 2.05) is 13.0 Å². The van der Waals surface area contributed by atoms with Crippen LogP contribution in [-0.2, 0) is 6.54 Å². The normalized spacial score (nSPS) is 10.2. The second kappa shape index (κ2) is 4.65. The largest absolute Gasteiger partial charge is 0.477 e. The Morgan fingerprint density at radius 3 is 3.00 bits per heavy atom. The second-order valence-corrected chi connectivity index (χ2v) is 3.68. The molecule has 0 saturated heterocycles. The van der Waals surface area contributed by atoms with Crippen LogP contribution in [-0.4, -0.2) is 26.3 Å². The van der Waals surface area contributed by atoms with Gasteiger partial charge in [0, 0.05) is 24.5 Å². The lowest BCUT2D eigenvalue weighted by atomic mass is 10.2.